The zero-order valence-corrected chi connectivity index (χ0v) is 10.4. The van der Waals surface area contributed by atoms with E-state index in [1.165, 1.54) is 6.07 Å². The Balaban J connectivity index is 3.06. The van der Waals surface area contributed by atoms with Crippen LogP contribution in [-0.2, 0) is 4.74 Å². The second kappa shape index (κ2) is 4.84. The van der Waals surface area contributed by atoms with E-state index in [-0.39, 0.29) is 5.97 Å². The first-order valence-corrected chi connectivity index (χ1v) is 5.43. The molecule has 0 saturated carbocycles. The number of carbonyl (C=O) groups is 1. The van der Waals surface area contributed by atoms with Crippen LogP contribution in [0.1, 0.15) is 17.3 Å². The van der Waals surface area contributed by atoms with Crippen molar-refractivity contribution in [3.8, 4) is 0 Å². The molecule has 14 heavy (non-hydrogen) atoms. The Morgan fingerprint density at radius 1 is 1.64 bits per heavy atom. The Morgan fingerprint density at radius 3 is 2.79 bits per heavy atom. The van der Waals surface area contributed by atoms with E-state index in [1.807, 2.05) is 22.6 Å². The SMILES string of the molecule is CCOC(=O)c1cc(Cl)c(N)c(I)c1. The molecular formula is C9H9ClINO2. The highest BCUT2D eigenvalue weighted by molar-refractivity contribution is 14.1. The van der Waals surface area contributed by atoms with Crippen molar-refractivity contribution in [3.63, 3.8) is 0 Å². The molecule has 1 aromatic rings. The summed E-state index contributed by atoms with van der Waals surface area (Å²) in [4.78, 5) is 11.3. The van der Waals surface area contributed by atoms with Crippen LogP contribution in [0.5, 0.6) is 0 Å². The minimum atomic E-state index is -0.382. The van der Waals surface area contributed by atoms with Crippen LogP contribution in [0.25, 0.3) is 0 Å². The summed E-state index contributed by atoms with van der Waals surface area (Å²) < 4.78 is 5.58. The number of carbonyl (C=O) groups excluding carboxylic acids is 1. The van der Waals surface area contributed by atoms with Gasteiger partial charge in [0.15, 0.2) is 0 Å². The highest BCUT2D eigenvalue weighted by atomic mass is 127. The topological polar surface area (TPSA) is 52.3 Å². The van der Waals surface area contributed by atoms with E-state index in [2.05, 4.69) is 0 Å². The number of rotatable bonds is 2. The Labute approximate surface area is 101 Å². The number of ether oxygens (including phenoxy) is 1. The molecule has 0 radical (unpaired) electrons. The lowest BCUT2D eigenvalue weighted by Crippen LogP contribution is -2.05. The van der Waals surface area contributed by atoms with Crippen molar-refractivity contribution in [1.29, 1.82) is 0 Å². The van der Waals surface area contributed by atoms with Crippen molar-refractivity contribution in [2.24, 2.45) is 0 Å². The van der Waals surface area contributed by atoms with Crippen molar-refractivity contribution >= 4 is 45.8 Å². The molecule has 0 saturated heterocycles. The fraction of sp³-hybridized carbons (Fsp3) is 0.222. The van der Waals surface area contributed by atoms with E-state index in [0.29, 0.717) is 22.9 Å². The zero-order chi connectivity index (χ0) is 10.7. The van der Waals surface area contributed by atoms with Crippen LogP contribution in [0, 0.1) is 3.57 Å². The van der Waals surface area contributed by atoms with Crippen LogP contribution in [0.4, 0.5) is 5.69 Å². The van der Waals surface area contributed by atoms with Crippen LogP contribution in [0.2, 0.25) is 5.02 Å². The molecule has 0 aromatic heterocycles. The highest BCUT2D eigenvalue weighted by Gasteiger charge is 2.11. The van der Waals surface area contributed by atoms with Gasteiger partial charge in [-0.1, -0.05) is 11.6 Å². The van der Waals surface area contributed by atoms with E-state index < -0.39 is 0 Å². The summed E-state index contributed by atoms with van der Waals surface area (Å²) in [6, 6.07) is 3.16. The monoisotopic (exact) mass is 325 g/mol. The molecule has 1 rings (SSSR count). The fourth-order valence-corrected chi connectivity index (χ4v) is 1.92. The van der Waals surface area contributed by atoms with Gasteiger partial charge in [0.05, 0.1) is 22.9 Å². The molecule has 0 aliphatic carbocycles. The number of hydrogen-bond donors (Lipinski definition) is 1. The Hall–Kier alpha value is -0.490. The predicted octanol–water partition coefficient (Wildman–Crippen LogP) is 2.70. The number of nitrogen functional groups attached to an aromatic ring is 1. The minimum absolute atomic E-state index is 0.345. The van der Waals surface area contributed by atoms with Crippen LogP contribution in [0.15, 0.2) is 12.1 Å². The average molecular weight is 326 g/mol. The maximum atomic E-state index is 11.3. The van der Waals surface area contributed by atoms with Gasteiger partial charge in [0.25, 0.3) is 0 Å². The molecule has 76 valence electrons. The van der Waals surface area contributed by atoms with Crippen molar-refractivity contribution in [2.75, 3.05) is 12.3 Å². The summed E-state index contributed by atoms with van der Waals surface area (Å²) in [5.74, 6) is -0.382. The molecule has 0 heterocycles. The molecule has 0 amide bonds. The minimum Gasteiger partial charge on any atom is -0.462 e. The molecule has 2 N–H and O–H groups in total. The Kier molecular flexibility index (Phi) is 4.00. The van der Waals surface area contributed by atoms with E-state index in [4.69, 9.17) is 22.1 Å². The van der Waals surface area contributed by atoms with Gasteiger partial charge in [0.1, 0.15) is 0 Å². The molecule has 0 spiro atoms. The average Bonchev–Trinajstić information content (AvgIpc) is 2.13. The molecular weight excluding hydrogens is 316 g/mol. The molecule has 0 atom stereocenters. The molecule has 5 heteroatoms. The Bertz CT molecular complexity index is 345. The van der Waals surface area contributed by atoms with Gasteiger partial charge in [-0.05, 0) is 41.6 Å². The summed E-state index contributed by atoms with van der Waals surface area (Å²) in [6.45, 7) is 2.10. The van der Waals surface area contributed by atoms with Crippen molar-refractivity contribution < 1.29 is 9.53 Å². The number of hydrogen-bond acceptors (Lipinski definition) is 3. The lowest BCUT2D eigenvalue weighted by Gasteiger charge is -2.05. The first kappa shape index (κ1) is 11.6. The maximum absolute atomic E-state index is 11.3. The second-order valence-corrected chi connectivity index (χ2v) is 4.14. The second-order valence-electron chi connectivity index (χ2n) is 2.57. The lowest BCUT2D eigenvalue weighted by atomic mass is 10.2. The quantitative estimate of drug-likeness (QED) is 0.517. The molecule has 0 unspecified atom stereocenters. The van der Waals surface area contributed by atoms with E-state index in [1.54, 1.807) is 13.0 Å². The van der Waals surface area contributed by atoms with Crippen LogP contribution < -0.4 is 5.73 Å². The van der Waals surface area contributed by atoms with Crippen molar-refractivity contribution in [3.05, 3.63) is 26.3 Å². The van der Waals surface area contributed by atoms with Gasteiger partial charge < -0.3 is 10.5 Å². The van der Waals surface area contributed by atoms with Gasteiger partial charge in [-0.25, -0.2) is 4.79 Å². The van der Waals surface area contributed by atoms with Crippen LogP contribution in [-0.4, -0.2) is 12.6 Å². The maximum Gasteiger partial charge on any atom is 0.338 e. The predicted molar refractivity (Wildman–Crippen MR) is 64.5 cm³/mol. The fourth-order valence-electron chi connectivity index (χ4n) is 0.917. The zero-order valence-electron chi connectivity index (χ0n) is 7.51. The summed E-state index contributed by atoms with van der Waals surface area (Å²) >= 11 is 7.85. The van der Waals surface area contributed by atoms with Gasteiger partial charge in [0, 0.05) is 3.57 Å². The highest BCUT2D eigenvalue weighted by Crippen LogP contribution is 2.26. The molecule has 3 nitrogen and oxygen atoms in total. The third kappa shape index (κ3) is 2.51. The number of esters is 1. The lowest BCUT2D eigenvalue weighted by molar-refractivity contribution is 0.0526. The van der Waals surface area contributed by atoms with Gasteiger partial charge in [-0.15, -0.1) is 0 Å². The normalized spacial score (nSPS) is 9.93. The van der Waals surface area contributed by atoms with Gasteiger partial charge >= 0.3 is 5.97 Å². The van der Waals surface area contributed by atoms with Crippen LogP contribution >= 0.6 is 34.2 Å². The third-order valence-electron chi connectivity index (χ3n) is 1.59. The standard InChI is InChI=1S/C9H9ClINO2/c1-2-14-9(13)5-3-6(10)8(12)7(11)4-5/h3-4H,2,12H2,1H3. The molecule has 1 aromatic carbocycles. The van der Waals surface area contributed by atoms with E-state index in [9.17, 15) is 4.79 Å². The van der Waals surface area contributed by atoms with E-state index >= 15 is 0 Å². The first-order valence-electron chi connectivity index (χ1n) is 3.98. The summed E-state index contributed by atoms with van der Waals surface area (Å²) in [7, 11) is 0. The van der Waals surface area contributed by atoms with Crippen molar-refractivity contribution in [1.82, 2.24) is 0 Å². The van der Waals surface area contributed by atoms with Crippen molar-refractivity contribution in [2.45, 2.75) is 6.92 Å². The smallest absolute Gasteiger partial charge is 0.338 e. The third-order valence-corrected chi connectivity index (χ3v) is 2.80. The summed E-state index contributed by atoms with van der Waals surface area (Å²) in [6.07, 6.45) is 0. The summed E-state index contributed by atoms with van der Waals surface area (Å²) in [5, 5.41) is 0.375. The van der Waals surface area contributed by atoms with E-state index in [0.717, 1.165) is 3.57 Å². The largest absolute Gasteiger partial charge is 0.462 e. The molecule has 0 aliphatic rings. The van der Waals surface area contributed by atoms with Gasteiger partial charge in [-0.2, -0.15) is 0 Å². The number of benzene rings is 1. The van der Waals surface area contributed by atoms with Gasteiger partial charge in [-0.3, -0.25) is 0 Å². The molecule has 0 fully saturated rings. The number of nitrogens with two attached hydrogens (primary N) is 1. The number of anilines is 1. The molecule has 0 bridgehead atoms. The molecule has 0 aliphatic heterocycles. The number of halogens is 2. The van der Waals surface area contributed by atoms with Crippen LogP contribution in [0.3, 0.4) is 0 Å². The summed E-state index contributed by atoms with van der Waals surface area (Å²) in [5.41, 5.74) is 6.55. The first-order chi connectivity index (χ1) is 6.56. The Morgan fingerprint density at radius 2 is 2.29 bits per heavy atom. The van der Waals surface area contributed by atoms with Gasteiger partial charge in [0.2, 0.25) is 0 Å².